The summed E-state index contributed by atoms with van der Waals surface area (Å²) in [6.45, 7) is 2.78. The van der Waals surface area contributed by atoms with Crippen LogP contribution >= 0.6 is 0 Å². The zero-order chi connectivity index (χ0) is 31.3. The van der Waals surface area contributed by atoms with Crippen molar-refractivity contribution in [3.63, 3.8) is 0 Å². The van der Waals surface area contributed by atoms with E-state index in [4.69, 9.17) is 9.47 Å². The summed E-state index contributed by atoms with van der Waals surface area (Å²) in [5.74, 6) is -12.3. The van der Waals surface area contributed by atoms with Crippen LogP contribution in [0.1, 0.15) is 45.1 Å². The number of carbonyl (C=O) groups is 3. The van der Waals surface area contributed by atoms with E-state index in [2.05, 4.69) is 10.6 Å². The van der Waals surface area contributed by atoms with Crippen molar-refractivity contribution in [2.45, 2.75) is 57.3 Å². The van der Waals surface area contributed by atoms with E-state index in [0.29, 0.717) is 13.0 Å². The first-order valence-corrected chi connectivity index (χ1v) is 13.8. The van der Waals surface area contributed by atoms with Crippen molar-refractivity contribution in [2.75, 3.05) is 13.2 Å². The second kappa shape index (κ2) is 13.5. The monoisotopic (exact) mass is 604 g/mol. The molecule has 1 unspecified atom stereocenters. The van der Waals surface area contributed by atoms with E-state index in [1.54, 1.807) is 13.8 Å². The molecule has 0 aromatic heterocycles. The van der Waals surface area contributed by atoms with E-state index in [1.165, 1.54) is 0 Å². The number of halogens is 4. The highest BCUT2D eigenvalue weighted by atomic mass is 19.2. The molecule has 3 aromatic carbocycles. The number of benzene rings is 3. The number of rotatable bonds is 12. The molecule has 3 aromatic rings. The first-order valence-electron chi connectivity index (χ1n) is 13.8. The lowest BCUT2D eigenvalue weighted by Crippen LogP contribution is -2.60. The lowest BCUT2D eigenvalue weighted by Gasteiger charge is -2.42. The van der Waals surface area contributed by atoms with Gasteiger partial charge in [0.05, 0.1) is 12.5 Å². The Morgan fingerprint density at radius 1 is 0.977 bits per heavy atom. The van der Waals surface area contributed by atoms with Crippen LogP contribution in [-0.2, 0) is 24.8 Å². The fourth-order valence-electron chi connectivity index (χ4n) is 5.05. The van der Waals surface area contributed by atoms with Crippen LogP contribution in [0, 0.1) is 29.2 Å². The predicted molar refractivity (Wildman–Crippen MR) is 148 cm³/mol. The first-order chi connectivity index (χ1) is 20.4. The average Bonchev–Trinajstić information content (AvgIpc) is 2.98. The van der Waals surface area contributed by atoms with Crippen LogP contribution in [0.2, 0.25) is 0 Å². The molecule has 43 heavy (non-hydrogen) atoms. The molecular weight excluding hydrogens is 572 g/mol. The van der Waals surface area contributed by atoms with Gasteiger partial charge in [-0.05, 0) is 47.6 Å². The lowest BCUT2D eigenvalue weighted by molar-refractivity contribution is -0.143. The molecule has 1 amide bonds. The summed E-state index contributed by atoms with van der Waals surface area (Å²) in [7, 11) is 0. The molecule has 0 bridgehead atoms. The molecule has 0 saturated carbocycles. The van der Waals surface area contributed by atoms with Crippen LogP contribution < -0.4 is 15.4 Å². The molecule has 1 fully saturated rings. The van der Waals surface area contributed by atoms with Gasteiger partial charge in [-0.25, -0.2) is 8.78 Å². The number of hydrogen-bond donors (Lipinski definition) is 3. The number of nitrogens with one attached hydrogen (secondary N) is 2. The molecule has 3 N–H and O–H groups in total. The van der Waals surface area contributed by atoms with Crippen molar-refractivity contribution < 1.29 is 46.5 Å². The molecule has 12 heteroatoms. The van der Waals surface area contributed by atoms with Crippen molar-refractivity contribution in [1.29, 1.82) is 0 Å². The summed E-state index contributed by atoms with van der Waals surface area (Å²) < 4.78 is 66.0. The summed E-state index contributed by atoms with van der Waals surface area (Å²) in [5.41, 5.74) is -0.261. The average molecular weight is 605 g/mol. The molecule has 1 aliphatic heterocycles. The molecule has 230 valence electrons. The molecule has 1 heterocycles. The van der Waals surface area contributed by atoms with Gasteiger partial charge in [-0.15, -0.1) is 0 Å². The third-order valence-corrected chi connectivity index (χ3v) is 7.34. The van der Waals surface area contributed by atoms with Gasteiger partial charge < -0.3 is 19.9 Å². The number of ether oxygens (including phenoxy) is 2. The molecule has 4 rings (SSSR count). The maximum absolute atomic E-state index is 14.0. The second-order valence-corrected chi connectivity index (χ2v) is 10.8. The molecule has 0 radical (unpaired) electrons. The SMILES string of the molecule is CC(C)[C@H](NC1(c2ccc3ccccc3c2)CCCCO1)C(=O)N[C@@H](CC(=O)O)C(=O)COc1c(F)c(F)cc(F)c1F. The van der Waals surface area contributed by atoms with E-state index in [0.717, 1.165) is 29.2 Å². The van der Waals surface area contributed by atoms with Crippen LogP contribution in [0.25, 0.3) is 10.8 Å². The van der Waals surface area contributed by atoms with Gasteiger partial charge in [0.25, 0.3) is 0 Å². The summed E-state index contributed by atoms with van der Waals surface area (Å²) in [6, 6.07) is 10.9. The van der Waals surface area contributed by atoms with Gasteiger partial charge in [-0.1, -0.05) is 50.2 Å². The van der Waals surface area contributed by atoms with E-state index in [9.17, 15) is 37.1 Å². The maximum atomic E-state index is 14.0. The van der Waals surface area contributed by atoms with Crippen molar-refractivity contribution in [3.05, 3.63) is 77.4 Å². The fraction of sp³-hybridized carbons (Fsp3) is 0.387. The standard InChI is InChI=1S/C31H32F4N2O6/c1-17(2)28(37-31(11-5-6-12-43-31)20-10-9-18-7-3-4-8-19(18)13-20)30(41)36-23(15-25(39)40)24(38)16-42-29-26(34)21(32)14-22(33)27(29)35/h3-4,7-10,13-14,17,23,28,37H,5-6,11-12,15-16H2,1-2H3,(H,36,41)(H,39,40)/t23-,28-,31?/m0/s1. The Morgan fingerprint density at radius 3 is 2.26 bits per heavy atom. The van der Waals surface area contributed by atoms with Crippen molar-refractivity contribution in [3.8, 4) is 5.75 Å². The van der Waals surface area contributed by atoms with Crippen LogP contribution in [0.4, 0.5) is 17.6 Å². The minimum absolute atomic E-state index is 0.0213. The Morgan fingerprint density at radius 2 is 1.65 bits per heavy atom. The third-order valence-electron chi connectivity index (χ3n) is 7.34. The Kier molecular flexibility index (Phi) is 10.0. The number of Topliss-reactive ketones (excluding diaryl/α,β-unsaturated/α-hetero) is 1. The topological polar surface area (TPSA) is 114 Å². The van der Waals surface area contributed by atoms with Crippen LogP contribution in [0.5, 0.6) is 5.75 Å². The van der Waals surface area contributed by atoms with Crippen molar-refractivity contribution in [1.82, 2.24) is 10.6 Å². The number of carbonyl (C=O) groups excluding carboxylic acids is 2. The Labute approximate surface area is 245 Å². The van der Waals surface area contributed by atoms with Crippen LogP contribution in [0.15, 0.2) is 48.5 Å². The van der Waals surface area contributed by atoms with E-state index < -0.39 is 77.5 Å². The number of amides is 1. The van der Waals surface area contributed by atoms with E-state index >= 15 is 0 Å². The van der Waals surface area contributed by atoms with Gasteiger partial charge >= 0.3 is 5.97 Å². The minimum Gasteiger partial charge on any atom is -0.481 e. The number of carboxylic acids is 1. The minimum atomic E-state index is -1.86. The van der Waals surface area contributed by atoms with Gasteiger partial charge in [0.2, 0.25) is 17.5 Å². The van der Waals surface area contributed by atoms with E-state index in [-0.39, 0.29) is 12.0 Å². The number of carboxylic acid groups (broad SMARTS) is 1. The lowest BCUT2D eigenvalue weighted by atomic mass is 9.90. The predicted octanol–water partition coefficient (Wildman–Crippen LogP) is 4.97. The smallest absolute Gasteiger partial charge is 0.305 e. The number of ketones is 1. The highest BCUT2D eigenvalue weighted by molar-refractivity contribution is 5.94. The molecule has 3 atom stereocenters. The summed E-state index contributed by atoms with van der Waals surface area (Å²) in [4.78, 5) is 38.0. The molecule has 0 aliphatic carbocycles. The molecule has 1 aliphatic rings. The zero-order valence-corrected chi connectivity index (χ0v) is 23.6. The highest BCUT2D eigenvalue weighted by Crippen LogP contribution is 2.35. The molecular formula is C31H32F4N2O6. The largest absolute Gasteiger partial charge is 0.481 e. The highest BCUT2D eigenvalue weighted by Gasteiger charge is 2.41. The fourth-order valence-corrected chi connectivity index (χ4v) is 5.05. The summed E-state index contributed by atoms with van der Waals surface area (Å²) in [6.07, 6.45) is 1.28. The molecule has 1 saturated heterocycles. The van der Waals surface area contributed by atoms with Crippen molar-refractivity contribution in [2.24, 2.45) is 5.92 Å². The maximum Gasteiger partial charge on any atom is 0.305 e. The third kappa shape index (κ3) is 7.31. The van der Waals surface area contributed by atoms with Gasteiger partial charge in [0.15, 0.2) is 23.2 Å². The number of hydrogen-bond acceptors (Lipinski definition) is 6. The summed E-state index contributed by atoms with van der Waals surface area (Å²) in [5, 5.41) is 17.1. The van der Waals surface area contributed by atoms with Crippen LogP contribution in [0.3, 0.4) is 0 Å². The second-order valence-electron chi connectivity index (χ2n) is 10.8. The van der Waals surface area contributed by atoms with Crippen LogP contribution in [-0.4, -0.2) is 48.1 Å². The first kappa shape index (κ1) is 31.9. The van der Waals surface area contributed by atoms with Crippen molar-refractivity contribution >= 4 is 28.4 Å². The van der Waals surface area contributed by atoms with Gasteiger partial charge in [0.1, 0.15) is 18.4 Å². The number of fused-ring (bicyclic) bond motifs is 1. The summed E-state index contributed by atoms with van der Waals surface area (Å²) >= 11 is 0. The Hall–Kier alpha value is -4.03. The van der Waals surface area contributed by atoms with Gasteiger partial charge in [0, 0.05) is 12.7 Å². The zero-order valence-electron chi connectivity index (χ0n) is 23.6. The molecule has 0 spiro atoms. The Balaban J connectivity index is 1.56. The quantitative estimate of drug-likeness (QED) is 0.198. The van der Waals surface area contributed by atoms with E-state index in [1.807, 2.05) is 42.5 Å². The normalized spacial score (nSPS) is 18.3. The molecule has 8 nitrogen and oxygen atoms in total. The van der Waals surface area contributed by atoms with Gasteiger partial charge in [-0.2, -0.15) is 8.78 Å². The number of aliphatic carboxylic acids is 1. The Bertz CT molecular complexity index is 1480. The van der Waals surface area contributed by atoms with Gasteiger partial charge in [-0.3, -0.25) is 19.7 Å².